The van der Waals surface area contributed by atoms with Crippen molar-refractivity contribution < 1.29 is 14.0 Å². The molecule has 4 rings (SSSR count). The molecule has 0 spiro atoms. The molecule has 2 aromatic rings. The van der Waals surface area contributed by atoms with Gasteiger partial charge in [0.15, 0.2) is 0 Å². The lowest BCUT2D eigenvalue weighted by Gasteiger charge is -2.35. The van der Waals surface area contributed by atoms with Crippen LogP contribution in [0.4, 0.5) is 10.1 Å². The first-order valence-corrected chi connectivity index (χ1v) is 9.36. The highest BCUT2D eigenvalue weighted by Crippen LogP contribution is 2.35. The zero-order valence-corrected chi connectivity index (χ0v) is 14.8. The van der Waals surface area contributed by atoms with Gasteiger partial charge < -0.3 is 9.80 Å². The van der Waals surface area contributed by atoms with Crippen molar-refractivity contribution in [3.05, 3.63) is 52.0 Å². The third-order valence-electron chi connectivity index (χ3n) is 5.18. The first-order valence-electron chi connectivity index (χ1n) is 8.48. The summed E-state index contributed by atoms with van der Waals surface area (Å²) >= 11 is 1.73. The Bertz CT molecular complexity index is 834. The van der Waals surface area contributed by atoms with Gasteiger partial charge in [0.2, 0.25) is 11.8 Å². The van der Waals surface area contributed by atoms with Crippen LogP contribution in [0.15, 0.2) is 35.7 Å². The largest absolute Gasteiger partial charge is 0.335 e. The molecule has 25 heavy (non-hydrogen) atoms. The number of para-hydroxylation sites is 1. The van der Waals surface area contributed by atoms with Gasteiger partial charge in [-0.1, -0.05) is 12.1 Å². The lowest BCUT2D eigenvalue weighted by Crippen LogP contribution is -2.42. The van der Waals surface area contributed by atoms with E-state index in [9.17, 15) is 14.0 Å². The monoisotopic (exact) mass is 358 g/mol. The van der Waals surface area contributed by atoms with Crippen molar-refractivity contribution in [2.24, 2.45) is 5.92 Å². The fourth-order valence-electron chi connectivity index (χ4n) is 3.82. The maximum Gasteiger partial charge on any atom is 0.228 e. The summed E-state index contributed by atoms with van der Waals surface area (Å²) in [6.07, 6.45) is 1.01. The van der Waals surface area contributed by atoms with Crippen LogP contribution in [0.5, 0.6) is 0 Å². The summed E-state index contributed by atoms with van der Waals surface area (Å²) in [5.41, 5.74) is 1.47. The van der Waals surface area contributed by atoms with E-state index in [1.165, 1.54) is 21.4 Å². The van der Waals surface area contributed by atoms with Gasteiger partial charge in [0.1, 0.15) is 5.82 Å². The molecule has 2 aliphatic rings. The van der Waals surface area contributed by atoms with Gasteiger partial charge >= 0.3 is 0 Å². The quantitative estimate of drug-likeness (QED) is 0.826. The topological polar surface area (TPSA) is 40.6 Å². The van der Waals surface area contributed by atoms with Gasteiger partial charge in [-0.3, -0.25) is 9.59 Å². The number of hydrogen-bond donors (Lipinski definition) is 0. The molecule has 4 nitrogen and oxygen atoms in total. The normalized spacial score (nSPS) is 23.0. The minimum atomic E-state index is -0.432. The molecule has 3 heterocycles. The maximum atomic E-state index is 14.0. The van der Waals surface area contributed by atoms with Crippen LogP contribution in [0.2, 0.25) is 0 Å². The molecule has 0 N–H and O–H groups in total. The van der Waals surface area contributed by atoms with Gasteiger partial charge in [-0.25, -0.2) is 4.39 Å². The van der Waals surface area contributed by atoms with E-state index >= 15 is 0 Å². The number of hydrogen-bond acceptors (Lipinski definition) is 3. The number of nitrogens with zero attached hydrogens (tertiary/aromatic N) is 2. The smallest absolute Gasteiger partial charge is 0.228 e. The summed E-state index contributed by atoms with van der Waals surface area (Å²) in [7, 11) is 0. The summed E-state index contributed by atoms with van der Waals surface area (Å²) in [5.74, 6) is -1.03. The molecule has 0 radical (unpaired) electrons. The van der Waals surface area contributed by atoms with E-state index in [1.807, 2.05) is 11.8 Å². The van der Waals surface area contributed by atoms with Crippen LogP contribution in [-0.4, -0.2) is 29.8 Å². The molecule has 130 valence electrons. The Morgan fingerprint density at radius 2 is 2.08 bits per heavy atom. The second-order valence-electron chi connectivity index (χ2n) is 6.61. The standard InChI is InChI=1S/C19H19FN2O2S/c1-12-14-7-9-25-17(14)6-8-21(12)19(24)13-10-18(23)22(11-13)16-5-3-2-4-15(16)20/h2-5,7,9,12-13H,6,8,10-11H2,1H3/t12-,13+/m1/s1. The molecule has 0 unspecified atom stereocenters. The van der Waals surface area contributed by atoms with Crippen LogP contribution in [0.25, 0.3) is 0 Å². The highest BCUT2D eigenvalue weighted by molar-refractivity contribution is 7.10. The number of carbonyl (C=O) groups excluding carboxylic acids is 2. The van der Waals surface area contributed by atoms with Crippen LogP contribution < -0.4 is 4.90 Å². The van der Waals surface area contributed by atoms with Gasteiger partial charge in [-0.15, -0.1) is 11.3 Å². The maximum absolute atomic E-state index is 14.0. The third kappa shape index (κ3) is 2.74. The van der Waals surface area contributed by atoms with Crippen molar-refractivity contribution in [1.29, 1.82) is 0 Å². The number of amides is 2. The number of halogens is 1. The summed E-state index contributed by atoms with van der Waals surface area (Å²) in [4.78, 5) is 30.0. The molecule has 1 aromatic heterocycles. The van der Waals surface area contributed by atoms with Crippen LogP contribution in [0, 0.1) is 11.7 Å². The Morgan fingerprint density at radius 3 is 2.88 bits per heavy atom. The van der Waals surface area contributed by atoms with Crippen molar-refractivity contribution in [2.45, 2.75) is 25.8 Å². The van der Waals surface area contributed by atoms with Crippen LogP contribution >= 0.6 is 11.3 Å². The average molecular weight is 358 g/mol. The number of thiophene rings is 1. The van der Waals surface area contributed by atoms with Gasteiger partial charge in [0.25, 0.3) is 0 Å². The first-order chi connectivity index (χ1) is 12.1. The van der Waals surface area contributed by atoms with Crippen LogP contribution in [-0.2, 0) is 16.0 Å². The van der Waals surface area contributed by atoms with Crippen molar-refractivity contribution in [3.63, 3.8) is 0 Å². The molecule has 2 aliphatic heterocycles. The van der Waals surface area contributed by atoms with E-state index in [2.05, 4.69) is 11.4 Å². The predicted molar refractivity (Wildman–Crippen MR) is 95.0 cm³/mol. The summed E-state index contributed by atoms with van der Waals surface area (Å²) < 4.78 is 14.0. The number of fused-ring (bicyclic) bond motifs is 1. The molecular weight excluding hydrogens is 339 g/mol. The van der Waals surface area contributed by atoms with Gasteiger partial charge in [-0.2, -0.15) is 0 Å². The minimum Gasteiger partial charge on any atom is -0.335 e. The number of carbonyl (C=O) groups is 2. The second-order valence-corrected chi connectivity index (χ2v) is 7.61. The minimum absolute atomic E-state index is 0.00320. The van der Waals surface area contributed by atoms with Gasteiger partial charge in [0, 0.05) is 24.4 Å². The fraction of sp³-hybridized carbons (Fsp3) is 0.368. The molecule has 2 amide bonds. The Morgan fingerprint density at radius 1 is 1.28 bits per heavy atom. The van der Waals surface area contributed by atoms with Crippen LogP contribution in [0.3, 0.4) is 0 Å². The lowest BCUT2D eigenvalue weighted by atomic mass is 9.98. The zero-order chi connectivity index (χ0) is 17.6. The Hall–Kier alpha value is -2.21. The molecule has 0 bridgehead atoms. The molecule has 0 saturated carbocycles. The lowest BCUT2D eigenvalue weighted by molar-refractivity contribution is -0.138. The van der Waals surface area contributed by atoms with E-state index in [0.29, 0.717) is 6.54 Å². The van der Waals surface area contributed by atoms with Gasteiger partial charge in [-0.05, 0) is 42.5 Å². The highest BCUT2D eigenvalue weighted by Gasteiger charge is 2.40. The molecule has 1 fully saturated rings. The molecule has 6 heteroatoms. The van der Waals surface area contributed by atoms with Crippen molar-refractivity contribution >= 4 is 28.8 Å². The van der Waals surface area contributed by atoms with Crippen LogP contribution in [0.1, 0.15) is 29.8 Å². The summed E-state index contributed by atoms with van der Waals surface area (Å²) in [6.45, 7) is 2.96. The van der Waals surface area contributed by atoms with Crippen molar-refractivity contribution in [2.75, 3.05) is 18.0 Å². The predicted octanol–water partition coefficient (Wildman–Crippen LogP) is 3.39. The number of anilines is 1. The van der Waals surface area contributed by atoms with Crippen molar-refractivity contribution in [3.8, 4) is 0 Å². The molecule has 0 aliphatic carbocycles. The number of benzene rings is 1. The Kier molecular flexibility index (Phi) is 4.07. The third-order valence-corrected chi connectivity index (χ3v) is 6.17. The number of rotatable bonds is 2. The molecule has 1 aromatic carbocycles. The summed E-state index contributed by atoms with van der Waals surface area (Å²) in [5, 5.41) is 2.06. The second kappa shape index (κ2) is 6.26. The van der Waals surface area contributed by atoms with E-state index in [0.717, 1.165) is 6.42 Å². The molecular formula is C19H19FN2O2S. The first kappa shape index (κ1) is 16.3. The fourth-order valence-corrected chi connectivity index (χ4v) is 4.78. The SMILES string of the molecule is C[C@@H]1c2ccsc2CCN1C(=O)[C@H]1CC(=O)N(c2ccccc2F)C1. The summed E-state index contributed by atoms with van der Waals surface area (Å²) in [6, 6.07) is 8.32. The zero-order valence-electron chi connectivity index (χ0n) is 13.9. The molecule has 1 saturated heterocycles. The van der Waals surface area contributed by atoms with Crippen molar-refractivity contribution in [1.82, 2.24) is 4.90 Å². The Balaban J connectivity index is 1.53. The van der Waals surface area contributed by atoms with E-state index in [-0.39, 0.29) is 36.5 Å². The van der Waals surface area contributed by atoms with Gasteiger partial charge in [0.05, 0.1) is 17.6 Å². The average Bonchev–Trinajstić information content (AvgIpc) is 3.22. The Labute approximate surface area is 149 Å². The highest BCUT2D eigenvalue weighted by atomic mass is 32.1. The molecule has 2 atom stereocenters. The van der Waals surface area contributed by atoms with E-state index in [4.69, 9.17) is 0 Å². The van der Waals surface area contributed by atoms with E-state index in [1.54, 1.807) is 29.5 Å². The van der Waals surface area contributed by atoms with E-state index < -0.39 is 11.7 Å².